The van der Waals surface area contributed by atoms with E-state index in [2.05, 4.69) is 37.9 Å². The van der Waals surface area contributed by atoms with Crippen molar-refractivity contribution in [2.45, 2.75) is 57.9 Å². The Labute approximate surface area is 132 Å². The summed E-state index contributed by atoms with van der Waals surface area (Å²) >= 11 is 0. The summed E-state index contributed by atoms with van der Waals surface area (Å²) in [5, 5.41) is 0. The molecule has 3 rings (SSSR count). The van der Waals surface area contributed by atoms with Gasteiger partial charge in [-0.3, -0.25) is 4.79 Å². The topological polar surface area (TPSA) is 58.9 Å². The van der Waals surface area contributed by atoms with Crippen LogP contribution in [-0.2, 0) is 5.54 Å². The highest BCUT2D eigenvalue weighted by molar-refractivity contribution is 5.51. The monoisotopic (exact) mass is 298 g/mol. The highest BCUT2D eigenvalue weighted by Gasteiger charge is 2.47. The van der Waals surface area contributed by atoms with Crippen molar-refractivity contribution in [1.29, 1.82) is 0 Å². The van der Waals surface area contributed by atoms with Crippen LogP contribution in [0.4, 0.5) is 0 Å². The van der Waals surface area contributed by atoms with Crippen molar-refractivity contribution in [2.24, 2.45) is 11.7 Å². The van der Waals surface area contributed by atoms with Gasteiger partial charge in [0.15, 0.2) is 0 Å². The molecule has 2 aliphatic carbocycles. The van der Waals surface area contributed by atoms with Crippen LogP contribution in [0.2, 0.25) is 0 Å². The molecular formula is C19H26N2O. The molecule has 0 spiro atoms. The molecule has 0 radical (unpaired) electrons. The van der Waals surface area contributed by atoms with Crippen LogP contribution in [-0.4, -0.2) is 4.98 Å². The Balaban J connectivity index is 2.24. The van der Waals surface area contributed by atoms with Crippen molar-refractivity contribution >= 4 is 0 Å². The van der Waals surface area contributed by atoms with Crippen LogP contribution in [0.1, 0.15) is 63.6 Å². The molecule has 0 saturated heterocycles. The molecule has 22 heavy (non-hydrogen) atoms. The quantitative estimate of drug-likeness (QED) is 0.835. The summed E-state index contributed by atoms with van der Waals surface area (Å²) in [6.07, 6.45) is 8.82. The Morgan fingerprint density at radius 3 is 2.91 bits per heavy atom. The second-order valence-electron chi connectivity index (χ2n) is 6.83. The van der Waals surface area contributed by atoms with Crippen LogP contribution in [0.3, 0.4) is 0 Å². The molecule has 3 unspecified atom stereocenters. The van der Waals surface area contributed by atoms with E-state index in [4.69, 9.17) is 5.73 Å². The van der Waals surface area contributed by atoms with Gasteiger partial charge < -0.3 is 10.7 Å². The highest BCUT2D eigenvalue weighted by Crippen LogP contribution is 2.53. The summed E-state index contributed by atoms with van der Waals surface area (Å²) in [5.41, 5.74) is 11.3. The number of rotatable bonds is 3. The number of fused-ring (bicyclic) bond motifs is 4. The lowest BCUT2D eigenvalue weighted by Gasteiger charge is -2.48. The van der Waals surface area contributed by atoms with E-state index in [9.17, 15) is 4.79 Å². The Morgan fingerprint density at radius 1 is 1.45 bits per heavy atom. The van der Waals surface area contributed by atoms with E-state index in [0.29, 0.717) is 11.8 Å². The molecule has 1 aromatic rings. The Morgan fingerprint density at radius 2 is 2.23 bits per heavy atom. The Hall–Kier alpha value is -1.61. The van der Waals surface area contributed by atoms with Crippen molar-refractivity contribution < 1.29 is 0 Å². The first-order valence-electron chi connectivity index (χ1n) is 8.37. The van der Waals surface area contributed by atoms with Crippen LogP contribution < -0.4 is 11.3 Å². The van der Waals surface area contributed by atoms with Gasteiger partial charge in [0.05, 0.1) is 5.54 Å². The van der Waals surface area contributed by atoms with Crippen LogP contribution in [0, 0.1) is 5.92 Å². The van der Waals surface area contributed by atoms with Gasteiger partial charge in [-0.25, -0.2) is 0 Å². The molecule has 0 saturated carbocycles. The number of aromatic nitrogens is 1. The summed E-state index contributed by atoms with van der Waals surface area (Å²) in [5.74, 6) is 0.655. The lowest BCUT2D eigenvalue weighted by atomic mass is 9.59. The molecule has 0 aliphatic heterocycles. The first-order valence-corrected chi connectivity index (χ1v) is 8.37. The second-order valence-corrected chi connectivity index (χ2v) is 6.83. The van der Waals surface area contributed by atoms with Gasteiger partial charge >= 0.3 is 0 Å². The van der Waals surface area contributed by atoms with E-state index < -0.39 is 5.54 Å². The number of nitrogens with two attached hydrogens (primary N) is 1. The van der Waals surface area contributed by atoms with Crippen molar-refractivity contribution in [3.05, 3.63) is 57.0 Å². The molecule has 0 aromatic carbocycles. The van der Waals surface area contributed by atoms with E-state index in [1.54, 1.807) is 6.07 Å². The predicted molar refractivity (Wildman–Crippen MR) is 90.8 cm³/mol. The maximum Gasteiger partial charge on any atom is 0.248 e. The smallest absolute Gasteiger partial charge is 0.248 e. The van der Waals surface area contributed by atoms with Crippen LogP contribution in [0.5, 0.6) is 0 Å². The van der Waals surface area contributed by atoms with E-state index in [1.165, 1.54) is 17.6 Å². The number of unbranched alkanes of at least 4 members (excludes halogenated alkanes) is 1. The largest absolute Gasteiger partial charge is 0.326 e. The predicted octanol–water partition coefficient (Wildman–Crippen LogP) is 3.73. The molecule has 1 heterocycles. The van der Waals surface area contributed by atoms with Gasteiger partial charge in [0.1, 0.15) is 0 Å². The molecule has 3 atom stereocenters. The fraction of sp³-hybridized carbons (Fsp3) is 0.526. The number of nitrogens with one attached hydrogen (secondary N) is 1. The van der Waals surface area contributed by atoms with E-state index in [-0.39, 0.29) is 5.56 Å². The molecular weight excluding hydrogens is 272 g/mol. The number of pyridine rings is 1. The highest BCUT2D eigenvalue weighted by atomic mass is 16.1. The van der Waals surface area contributed by atoms with Crippen LogP contribution in [0.25, 0.3) is 0 Å². The molecule has 3 N–H and O–H groups in total. The van der Waals surface area contributed by atoms with Gasteiger partial charge in [-0.05, 0) is 43.9 Å². The van der Waals surface area contributed by atoms with Gasteiger partial charge in [0, 0.05) is 23.6 Å². The molecule has 0 fully saturated rings. The third-order valence-electron chi connectivity index (χ3n) is 5.31. The molecule has 118 valence electrons. The zero-order valence-electron chi connectivity index (χ0n) is 13.8. The van der Waals surface area contributed by atoms with E-state index >= 15 is 0 Å². The number of allylic oxidation sites excluding steroid dienone is 2. The number of H-pyrrole nitrogens is 1. The summed E-state index contributed by atoms with van der Waals surface area (Å²) in [7, 11) is 0. The third kappa shape index (κ3) is 2.19. The number of aromatic amines is 1. The zero-order valence-corrected chi connectivity index (χ0v) is 13.8. The van der Waals surface area contributed by atoms with Crippen molar-refractivity contribution in [1.82, 2.24) is 4.98 Å². The average molecular weight is 298 g/mol. The minimum atomic E-state index is -0.458. The Bertz CT molecular complexity index is 698. The van der Waals surface area contributed by atoms with Crippen LogP contribution in [0.15, 0.2) is 40.2 Å². The van der Waals surface area contributed by atoms with Crippen molar-refractivity contribution in [3.63, 3.8) is 0 Å². The lowest BCUT2D eigenvalue weighted by molar-refractivity contribution is 0.350. The Kier molecular flexibility index (Phi) is 3.85. The summed E-state index contributed by atoms with van der Waals surface area (Å²) in [4.78, 5) is 15.0. The van der Waals surface area contributed by atoms with Gasteiger partial charge in [-0.2, -0.15) is 0 Å². The van der Waals surface area contributed by atoms with Crippen LogP contribution >= 0.6 is 0 Å². The standard InChI is InChI=1S/C19H26N2O/c1-4-6-7-13-14-10-12(3)11-19(20,15(14)5-2)16-8-9-17(22)21-18(13)16/h5,8-10,13-14H,4,6-7,11,20H2,1-3H3,(H,21,22)/b15-5+. The van der Waals surface area contributed by atoms with E-state index in [1.807, 2.05) is 6.07 Å². The molecule has 2 aliphatic rings. The minimum Gasteiger partial charge on any atom is -0.326 e. The molecule has 2 bridgehead atoms. The lowest BCUT2D eigenvalue weighted by Crippen LogP contribution is -2.49. The van der Waals surface area contributed by atoms with Crippen molar-refractivity contribution in [2.75, 3.05) is 0 Å². The fourth-order valence-corrected chi connectivity index (χ4v) is 4.43. The average Bonchev–Trinajstić information content (AvgIpc) is 2.46. The molecule has 1 aromatic heterocycles. The molecule has 3 heteroatoms. The third-order valence-corrected chi connectivity index (χ3v) is 5.31. The summed E-state index contributed by atoms with van der Waals surface area (Å²) in [6.45, 7) is 6.48. The van der Waals surface area contributed by atoms with Gasteiger partial charge in [-0.15, -0.1) is 0 Å². The molecule has 0 amide bonds. The maximum atomic E-state index is 11.9. The number of hydrogen-bond acceptors (Lipinski definition) is 2. The number of hydrogen-bond donors (Lipinski definition) is 2. The molecule has 3 nitrogen and oxygen atoms in total. The maximum absolute atomic E-state index is 11.9. The van der Waals surface area contributed by atoms with Gasteiger partial charge in [0.25, 0.3) is 0 Å². The normalized spacial score (nSPS) is 31.8. The first kappa shape index (κ1) is 15.3. The summed E-state index contributed by atoms with van der Waals surface area (Å²) < 4.78 is 0. The minimum absolute atomic E-state index is 0.0217. The summed E-state index contributed by atoms with van der Waals surface area (Å²) in [6, 6.07) is 3.57. The van der Waals surface area contributed by atoms with Gasteiger partial charge in [0.2, 0.25) is 5.56 Å². The second kappa shape index (κ2) is 5.54. The SMILES string of the molecule is C/C=C1\C2C=C(C)CC1(N)c1ccc(=O)[nH]c1C2CCCC. The van der Waals surface area contributed by atoms with Crippen molar-refractivity contribution in [3.8, 4) is 0 Å². The van der Waals surface area contributed by atoms with Gasteiger partial charge in [-0.1, -0.05) is 37.5 Å². The zero-order chi connectivity index (χ0) is 15.9. The van der Waals surface area contributed by atoms with E-state index in [0.717, 1.165) is 30.5 Å². The first-order chi connectivity index (χ1) is 10.5. The fourth-order valence-electron chi connectivity index (χ4n) is 4.43.